The largest absolute Gasteiger partial charge is 0.460 e. The van der Waals surface area contributed by atoms with Crippen molar-refractivity contribution in [3.8, 4) is 0 Å². The third-order valence-electron chi connectivity index (χ3n) is 2.95. The Balaban J connectivity index is 1.96. The van der Waals surface area contributed by atoms with Gasteiger partial charge in [0, 0.05) is 11.1 Å². The highest BCUT2D eigenvalue weighted by Crippen LogP contribution is 2.23. The van der Waals surface area contributed by atoms with Gasteiger partial charge in [-0.2, -0.15) is 0 Å². The fraction of sp³-hybridized carbons (Fsp3) is 0.400. The van der Waals surface area contributed by atoms with Crippen LogP contribution in [0.15, 0.2) is 24.3 Å². The van der Waals surface area contributed by atoms with Gasteiger partial charge in [-0.1, -0.05) is 24.3 Å². The normalized spacial score (nSPS) is 14.9. The summed E-state index contributed by atoms with van der Waals surface area (Å²) in [5.74, 6) is -2.24. The molecule has 0 saturated carbocycles. The van der Waals surface area contributed by atoms with Gasteiger partial charge in [0.05, 0.1) is 26.2 Å². The van der Waals surface area contributed by atoms with Gasteiger partial charge in [0.15, 0.2) is 12.1 Å². The van der Waals surface area contributed by atoms with Crippen molar-refractivity contribution in [3.05, 3.63) is 35.4 Å². The van der Waals surface area contributed by atoms with Gasteiger partial charge in [0.25, 0.3) is 0 Å². The first-order valence-electron chi connectivity index (χ1n) is 6.68. The van der Waals surface area contributed by atoms with Crippen molar-refractivity contribution in [2.24, 2.45) is 0 Å². The van der Waals surface area contributed by atoms with Crippen LogP contribution in [0, 0.1) is 0 Å². The average Bonchev–Trinajstić information content (AvgIpc) is 3.01. The molecule has 0 aromatic heterocycles. The number of rotatable bonds is 6. The van der Waals surface area contributed by atoms with E-state index in [9.17, 15) is 14.4 Å². The zero-order chi connectivity index (χ0) is 15.2. The zero-order valence-corrected chi connectivity index (χ0v) is 11.7. The number of hydrogen-bond acceptors (Lipinski definition) is 6. The number of benzene rings is 1. The lowest BCUT2D eigenvalue weighted by Crippen LogP contribution is -2.20. The monoisotopic (exact) mass is 292 g/mol. The molecule has 1 aromatic carbocycles. The van der Waals surface area contributed by atoms with E-state index in [-0.39, 0.29) is 6.61 Å². The van der Waals surface area contributed by atoms with Crippen LogP contribution in [-0.2, 0) is 23.8 Å². The van der Waals surface area contributed by atoms with E-state index >= 15 is 0 Å². The first-order chi connectivity index (χ1) is 10.1. The van der Waals surface area contributed by atoms with E-state index in [2.05, 4.69) is 4.74 Å². The Morgan fingerprint density at radius 1 is 1.14 bits per heavy atom. The maximum Gasteiger partial charge on any atom is 0.375 e. The van der Waals surface area contributed by atoms with Crippen molar-refractivity contribution >= 4 is 17.5 Å². The third kappa shape index (κ3) is 3.96. The minimum absolute atomic E-state index is 0.106. The molecule has 6 nitrogen and oxygen atoms in total. The molecule has 21 heavy (non-hydrogen) atoms. The second-order valence-electron chi connectivity index (χ2n) is 4.44. The smallest absolute Gasteiger partial charge is 0.375 e. The topological polar surface area (TPSA) is 78.9 Å². The molecule has 0 radical (unpaired) electrons. The van der Waals surface area contributed by atoms with E-state index < -0.39 is 30.2 Å². The lowest BCUT2D eigenvalue weighted by Gasteiger charge is -2.09. The molecule has 0 spiro atoms. The Kier molecular flexibility index (Phi) is 5.19. The van der Waals surface area contributed by atoms with E-state index in [1.165, 1.54) is 0 Å². The molecule has 0 aliphatic carbocycles. The molecule has 1 aliphatic heterocycles. The fourth-order valence-corrected chi connectivity index (χ4v) is 1.91. The van der Waals surface area contributed by atoms with Crippen molar-refractivity contribution < 1.29 is 28.6 Å². The van der Waals surface area contributed by atoms with Crippen LogP contribution in [0.5, 0.6) is 0 Å². The minimum Gasteiger partial charge on any atom is -0.460 e. The molecule has 0 bridgehead atoms. The number of carbonyl (C=O) groups excluding carboxylic acids is 3. The summed E-state index contributed by atoms with van der Waals surface area (Å²) >= 11 is 0. The van der Waals surface area contributed by atoms with Gasteiger partial charge in [-0.25, -0.2) is 4.79 Å². The summed E-state index contributed by atoms with van der Waals surface area (Å²) in [5.41, 5.74) is 1.16. The number of carbonyl (C=O) groups is 3. The maximum atomic E-state index is 11.9. The average molecular weight is 292 g/mol. The van der Waals surface area contributed by atoms with Gasteiger partial charge in [0.2, 0.25) is 5.78 Å². The van der Waals surface area contributed by atoms with Crippen molar-refractivity contribution in [2.75, 3.05) is 19.8 Å². The quantitative estimate of drug-likeness (QED) is 0.341. The first-order valence-corrected chi connectivity index (χ1v) is 6.68. The van der Waals surface area contributed by atoms with Crippen LogP contribution in [0.2, 0.25) is 0 Å². The SMILES string of the molecule is CCOC(=O)C(=O)CC(=O)c1ccc(C2OCCO2)cc1. The van der Waals surface area contributed by atoms with Gasteiger partial charge in [-0.05, 0) is 6.92 Å². The highest BCUT2D eigenvalue weighted by atomic mass is 16.7. The number of esters is 1. The van der Waals surface area contributed by atoms with Crippen molar-refractivity contribution in [1.82, 2.24) is 0 Å². The van der Waals surface area contributed by atoms with E-state index in [1.807, 2.05) is 0 Å². The molecule has 0 N–H and O–H groups in total. The summed E-state index contributed by atoms with van der Waals surface area (Å²) in [4.78, 5) is 34.5. The van der Waals surface area contributed by atoms with E-state index in [0.29, 0.717) is 18.8 Å². The molecule has 0 unspecified atom stereocenters. The summed E-state index contributed by atoms with van der Waals surface area (Å²) in [6.07, 6.45) is -0.899. The number of hydrogen-bond donors (Lipinski definition) is 0. The lowest BCUT2D eigenvalue weighted by atomic mass is 10.0. The standard InChI is InChI=1S/C15H16O6/c1-2-19-14(18)13(17)9-12(16)10-3-5-11(6-4-10)15-20-7-8-21-15/h3-6,15H,2,7-9H2,1H3. The van der Waals surface area contributed by atoms with Crippen LogP contribution in [-0.4, -0.2) is 37.4 Å². The maximum absolute atomic E-state index is 11.9. The molecule has 112 valence electrons. The van der Waals surface area contributed by atoms with Crippen LogP contribution in [0.3, 0.4) is 0 Å². The molecule has 6 heteroatoms. The Hall–Kier alpha value is -2.05. The molecule has 2 rings (SSSR count). The Bertz CT molecular complexity index is 528. The zero-order valence-electron chi connectivity index (χ0n) is 11.7. The molecular weight excluding hydrogens is 276 g/mol. The molecule has 0 amide bonds. The lowest BCUT2D eigenvalue weighted by molar-refractivity contribution is -0.153. The summed E-state index contributed by atoms with van der Waals surface area (Å²) in [6.45, 7) is 2.78. The number of ketones is 2. The Morgan fingerprint density at radius 2 is 1.76 bits per heavy atom. The fourth-order valence-electron chi connectivity index (χ4n) is 1.91. The Labute approximate surface area is 122 Å². The number of ether oxygens (including phenoxy) is 3. The summed E-state index contributed by atoms with van der Waals surface area (Å²) in [6, 6.07) is 6.58. The Morgan fingerprint density at radius 3 is 2.33 bits per heavy atom. The first kappa shape index (κ1) is 15.3. The summed E-state index contributed by atoms with van der Waals surface area (Å²) in [5, 5.41) is 0. The molecule has 1 saturated heterocycles. The summed E-state index contributed by atoms with van der Waals surface area (Å²) in [7, 11) is 0. The van der Waals surface area contributed by atoms with Crippen LogP contribution in [0.25, 0.3) is 0 Å². The second kappa shape index (κ2) is 7.10. The van der Waals surface area contributed by atoms with Gasteiger partial charge in [-0.3, -0.25) is 9.59 Å². The third-order valence-corrected chi connectivity index (χ3v) is 2.95. The van der Waals surface area contributed by atoms with Crippen molar-refractivity contribution in [2.45, 2.75) is 19.6 Å². The predicted molar refractivity (Wildman–Crippen MR) is 71.7 cm³/mol. The molecule has 1 fully saturated rings. The van der Waals surface area contributed by atoms with E-state index in [4.69, 9.17) is 9.47 Å². The van der Waals surface area contributed by atoms with Gasteiger partial charge < -0.3 is 14.2 Å². The van der Waals surface area contributed by atoms with Gasteiger partial charge in [0.1, 0.15) is 0 Å². The molecule has 1 aromatic rings. The van der Waals surface area contributed by atoms with Gasteiger partial charge in [-0.15, -0.1) is 0 Å². The number of Topliss-reactive ketones (excluding diaryl/α,β-unsaturated/α-hetero) is 2. The minimum atomic E-state index is -0.977. The summed E-state index contributed by atoms with van der Waals surface area (Å²) < 4.78 is 15.2. The van der Waals surface area contributed by atoms with Crippen molar-refractivity contribution in [3.63, 3.8) is 0 Å². The predicted octanol–water partition coefficient (Wildman–Crippen LogP) is 1.44. The molecular formula is C15H16O6. The highest BCUT2D eigenvalue weighted by Gasteiger charge is 2.21. The molecule has 1 aliphatic rings. The van der Waals surface area contributed by atoms with Crippen LogP contribution < -0.4 is 0 Å². The van der Waals surface area contributed by atoms with E-state index in [0.717, 1.165) is 5.56 Å². The van der Waals surface area contributed by atoms with Crippen LogP contribution >= 0.6 is 0 Å². The van der Waals surface area contributed by atoms with Crippen LogP contribution in [0.1, 0.15) is 35.6 Å². The van der Waals surface area contributed by atoms with Gasteiger partial charge >= 0.3 is 5.97 Å². The van der Waals surface area contributed by atoms with Crippen LogP contribution in [0.4, 0.5) is 0 Å². The molecule has 1 heterocycles. The molecule has 0 atom stereocenters. The van der Waals surface area contributed by atoms with E-state index in [1.54, 1.807) is 31.2 Å². The second-order valence-corrected chi connectivity index (χ2v) is 4.44. The highest BCUT2D eigenvalue weighted by molar-refractivity contribution is 6.38. The van der Waals surface area contributed by atoms with Crippen molar-refractivity contribution in [1.29, 1.82) is 0 Å².